The number of methoxy groups -OCH3 is 1. The van der Waals surface area contributed by atoms with E-state index >= 15 is 0 Å². The normalized spacial score (nSPS) is 20.8. The van der Waals surface area contributed by atoms with Crippen LogP contribution in [0.1, 0.15) is 47.9 Å². The lowest BCUT2D eigenvalue weighted by Gasteiger charge is -2.30. The molecule has 236 valence electrons. The van der Waals surface area contributed by atoms with E-state index in [-0.39, 0.29) is 23.1 Å². The van der Waals surface area contributed by atoms with Gasteiger partial charge in [0, 0.05) is 13.5 Å². The Morgan fingerprint density at radius 1 is 0.565 bits per heavy atom. The van der Waals surface area contributed by atoms with E-state index in [0.717, 1.165) is 0 Å². The molecule has 0 radical (unpaired) electrons. The minimum Gasteiger partial charge on any atom is -0.459 e. The molecular formula is C36H32O10. The molecule has 10 heteroatoms. The summed E-state index contributed by atoms with van der Waals surface area (Å²) in [7, 11) is 1.35. The van der Waals surface area contributed by atoms with Gasteiger partial charge < -0.3 is 28.4 Å². The Bertz CT molecular complexity index is 1600. The zero-order chi connectivity index (χ0) is 32.3. The van der Waals surface area contributed by atoms with E-state index in [1.807, 2.05) is 0 Å². The average Bonchev–Trinajstić information content (AvgIpc) is 3.24. The highest BCUT2D eigenvalue weighted by atomic mass is 16.7. The second kappa shape index (κ2) is 15.6. The fraction of sp³-hybridized carbons (Fsp3) is 0.222. The van der Waals surface area contributed by atoms with E-state index in [1.54, 1.807) is 121 Å². The van der Waals surface area contributed by atoms with Gasteiger partial charge in [0.1, 0.15) is 18.8 Å². The molecule has 5 rings (SSSR count). The van der Waals surface area contributed by atoms with Crippen LogP contribution in [0.5, 0.6) is 0 Å². The number of rotatable bonds is 10. The summed E-state index contributed by atoms with van der Waals surface area (Å²) in [6.07, 6.45) is -6.27. The summed E-state index contributed by atoms with van der Waals surface area (Å²) in [5, 5.41) is 0. The van der Waals surface area contributed by atoms with Crippen LogP contribution in [0, 0.1) is 0 Å². The van der Waals surface area contributed by atoms with Crippen LogP contribution >= 0.6 is 0 Å². The quantitative estimate of drug-likeness (QED) is 0.170. The van der Waals surface area contributed by atoms with Gasteiger partial charge in [0.15, 0.2) is 18.5 Å². The van der Waals surface area contributed by atoms with Gasteiger partial charge in [-0.1, -0.05) is 72.8 Å². The van der Waals surface area contributed by atoms with Crippen LogP contribution in [0.3, 0.4) is 0 Å². The van der Waals surface area contributed by atoms with Crippen LogP contribution in [-0.2, 0) is 28.4 Å². The third-order valence-electron chi connectivity index (χ3n) is 7.22. The monoisotopic (exact) mass is 624 g/mol. The topological polar surface area (TPSA) is 124 Å². The standard InChI is InChI=1S/C36H32O10/c1-41-36-29(44-34(39)26-18-10-4-11-19-26)22-28(43-33(38)25-16-8-3-9-17-25)31(46-35(40)27-20-12-5-13-21-27)30(45-36)23-42-32(37)24-14-6-2-7-15-24/h2-21,28-31,36H,22-23H2,1H3/t28-,29-,30-,31+,36-/m1/s1. The number of ether oxygens (including phenoxy) is 6. The molecule has 0 aliphatic carbocycles. The van der Waals surface area contributed by atoms with Crippen molar-refractivity contribution < 1.29 is 47.6 Å². The van der Waals surface area contributed by atoms with E-state index in [9.17, 15) is 19.2 Å². The predicted octanol–water partition coefficient (Wildman–Crippen LogP) is 5.28. The van der Waals surface area contributed by atoms with Gasteiger partial charge in [-0.2, -0.15) is 0 Å². The van der Waals surface area contributed by atoms with Gasteiger partial charge >= 0.3 is 23.9 Å². The first kappa shape index (κ1) is 32.1. The lowest BCUT2D eigenvalue weighted by molar-refractivity contribution is -0.214. The molecule has 0 N–H and O–H groups in total. The van der Waals surface area contributed by atoms with Gasteiger partial charge in [-0.3, -0.25) is 0 Å². The molecule has 0 bridgehead atoms. The number of carbonyl (C=O) groups is 4. The van der Waals surface area contributed by atoms with Crippen LogP contribution in [0.2, 0.25) is 0 Å². The van der Waals surface area contributed by atoms with Crippen molar-refractivity contribution in [1.29, 1.82) is 0 Å². The summed E-state index contributed by atoms with van der Waals surface area (Å²) in [6, 6.07) is 33.1. The Hall–Kier alpha value is -5.32. The maximum absolute atomic E-state index is 13.4. The zero-order valence-corrected chi connectivity index (χ0v) is 24.9. The number of hydrogen-bond donors (Lipinski definition) is 0. The van der Waals surface area contributed by atoms with Gasteiger partial charge in [-0.05, 0) is 48.5 Å². The Labute approximate surface area is 265 Å². The molecule has 1 aliphatic heterocycles. The van der Waals surface area contributed by atoms with Crippen molar-refractivity contribution in [2.24, 2.45) is 0 Å². The summed E-state index contributed by atoms with van der Waals surface area (Å²) in [5.41, 5.74) is 1.04. The molecule has 5 atom stereocenters. The average molecular weight is 625 g/mol. The van der Waals surface area contributed by atoms with Crippen LogP contribution in [0.15, 0.2) is 121 Å². The minimum absolute atomic E-state index is 0.175. The summed E-state index contributed by atoms with van der Waals surface area (Å²) < 4.78 is 35.2. The maximum atomic E-state index is 13.4. The van der Waals surface area contributed by atoms with Crippen molar-refractivity contribution in [3.63, 3.8) is 0 Å². The van der Waals surface area contributed by atoms with E-state index in [0.29, 0.717) is 5.56 Å². The molecular weight excluding hydrogens is 592 g/mol. The van der Waals surface area contributed by atoms with Crippen LogP contribution in [0.4, 0.5) is 0 Å². The fourth-order valence-electron chi connectivity index (χ4n) is 4.90. The first-order chi connectivity index (χ1) is 22.4. The molecule has 0 saturated carbocycles. The smallest absolute Gasteiger partial charge is 0.338 e. The molecule has 4 aromatic rings. The Morgan fingerprint density at radius 3 is 1.39 bits per heavy atom. The highest BCUT2D eigenvalue weighted by molar-refractivity contribution is 5.91. The van der Waals surface area contributed by atoms with Gasteiger partial charge in [-0.25, -0.2) is 19.2 Å². The van der Waals surface area contributed by atoms with E-state index < -0.39 is 61.2 Å². The molecule has 4 aromatic carbocycles. The van der Waals surface area contributed by atoms with Crippen LogP contribution < -0.4 is 0 Å². The van der Waals surface area contributed by atoms with E-state index in [2.05, 4.69) is 0 Å². The van der Waals surface area contributed by atoms with Gasteiger partial charge in [0.25, 0.3) is 0 Å². The third kappa shape index (κ3) is 8.23. The zero-order valence-electron chi connectivity index (χ0n) is 24.9. The second-order valence-corrected chi connectivity index (χ2v) is 10.3. The summed E-state index contributed by atoms with van der Waals surface area (Å²) in [4.78, 5) is 52.8. The molecule has 0 spiro atoms. The van der Waals surface area contributed by atoms with Crippen LogP contribution in [-0.4, -0.2) is 68.3 Å². The van der Waals surface area contributed by atoms with Crippen molar-refractivity contribution >= 4 is 23.9 Å². The molecule has 0 unspecified atom stereocenters. The highest BCUT2D eigenvalue weighted by Crippen LogP contribution is 2.30. The third-order valence-corrected chi connectivity index (χ3v) is 7.22. The van der Waals surface area contributed by atoms with Gasteiger partial charge in [0.05, 0.1) is 22.3 Å². The van der Waals surface area contributed by atoms with Crippen molar-refractivity contribution in [2.75, 3.05) is 13.7 Å². The lowest BCUT2D eigenvalue weighted by atomic mass is 10.0. The lowest BCUT2D eigenvalue weighted by Crippen LogP contribution is -2.46. The molecule has 1 aliphatic rings. The number of carbonyl (C=O) groups excluding carboxylic acids is 4. The fourth-order valence-corrected chi connectivity index (χ4v) is 4.90. The molecule has 1 heterocycles. The largest absolute Gasteiger partial charge is 0.459 e. The van der Waals surface area contributed by atoms with Crippen molar-refractivity contribution in [1.82, 2.24) is 0 Å². The first-order valence-electron chi connectivity index (χ1n) is 14.6. The van der Waals surface area contributed by atoms with Gasteiger partial charge in [0.2, 0.25) is 0 Å². The Morgan fingerprint density at radius 2 is 0.957 bits per heavy atom. The molecule has 0 amide bonds. The summed E-state index contributed by atoms with van der Waals surface area (Å²) in [5.74, 6) is -2.77. The first-order valence-corrected chi connectivity index (χ1v) is 14.6. The molecule has 1 fully saturated rings. The molecule has 0 aromatic heterocycles. The highest BCUT2D eigenvalue weighted by Gasteiger charge is 2.47. The van der Waals surface area contributed by atoms with Crippen molar-refractivity contribution in [2.45, 2.75) is 37.1 Å². The number of esters is 4. The summed E-state index contributed by atoms with van der Waals surface area (Å²) >= 11 is 0. The van der Waals surface area contributed by atoms with E-state index in [1.165, 1.54) is 7.11 Å². The van der Waals surface area contributed by atoms with Crippen molar-refractivity contribution in [3.05, 3.63) is 144 Å². The molecule has 1 saturated heterocycles. The van der Waals surface area contributed by atoms with Gasteiger partial charge in [-0.15, -0.1) is 0 Å². The Balaban J connectivity index is 1.49. The molecule has 10 nitrogen and oxygen atoms in total. The number of benzene rings is 4. The van der Waals surface area contributed by atoms with Crippen molar-refractivity contribution in [3.8, 4) is 0 Å². The predicted molar refractivity (Wildman–Crippen MR) is 164 cm³/mol. The van der Waals surface area contributed by atoms with Crippen LogP contribution in [0.25, 0.3) is 0 Å². The van der Waals surface area contributed by atoms with E-state index in [4.69, 9.17) is 28.4 Å². The molecule has 46 heavy (non-hydrogen) atoms. The Kier molecular flexibility index (Phi) is 10.9. The minimum atomic E-state index is -1.32. The maximum Gasteiger partial charge on any atom is 0.338 e. The summed E-state index contributed by atoms with van der Waals surface area (Å²) in [6.45, 7) is -0.418. The second-order valence-electron chi connectivity index (χ2n) is 10.3. The number of hydrogen-bond acceptors (Lipinski definition) is 10. The SMILES string of the molecule is CO[C@@H]1O[C@H](COC(=O)c2ccccc2)[C@@H](OC(=O)c2ccccc2)[C@H](OC(=O)c2ccccc2)C[C@H]1OC(=O)c1ccccc1.